The predicted octanol–water partition coefficient (Wildman–Crippen LogP) is 4.58. The predicted molar refractivity (Wildman–Crippen MR) is 121 cm³/mol. The number of fused-ring (bicyclic) bond motifs is 1. The summed E-state index contributed by atoms with van der Waals surface area (Å²) in [5.41, 5.74) is 2.93. The molecule has 172 valence electrons. The number of halogens is 1. The normalized spacial score (nSPS) is 15.2. The maximum atomic E-state index is 13.5. The highest BCUT2D eigenvalue weighted by atomic mass is 19.1. The molecule has 0 saturated heterocycles. The molecule has 0 N–H and O–H groups in total. The summed E-state index contributed by atoms with van der Waals surface area (Å²) in [4.78, 5) is 28.0. The summed E-state index contributed by atoms with van der Waals surface area (Å²) in [6.45, 7) is 4.80. The fourth-order valence-corrected chi connectivity index (χ4v) is 4.08. The Labute approximate surface area is 192 Å². The lowest BCUT2D eigenvalue weighted by Crippen LogP contribution is -2.39. The van der Waals surface area contributed by atoms with Gasteiger partial charge in [-0.25, -0.2) is 4.39 Å². The van der Waals surface area contributed by atoms with Crippen LogP contribution >= 0.6 is 0 Å². The highest BCUT2D eigenvalue weighted by Crippen LogP contribution is 2.37. The monoisotopic (exact) mass is 450 g/mol. The molecule has 1 aliphatic rings. The van der Waals surface area contributed by atoms with E-state index in [2.05, 4.69) is 0 Å². The summed E-state index contributed by atoms with van der Waals surface area (Å²) in [5, 5.41) is 0. The van der Waals surface area contributed by atoms with Crippen molar-refractivity contribution in [1.82, 2.24) is 9.80 Å². The number of amides is 2. The third-order valence-electron chi connectivity index (χ3n) is 6.01. The Morgan fingerprint density at radius 2 is 1.91 bits per heavy atom. The van der Waals surface area contributed by atoms with E-state index < -0.39 is 0 Å². The Balaban J connectivity index is 1.57. The largest absolute Gasteiger partial charge is 0.486 e. The first-order chi connectivity index (χ1) is 15.9. The zero-order valence-electron chi connectivity index (χ0n) is 19.0. The number of ether oxygens (including phenoxy) is 1. The van der Waals surface area contributed by atoms with Gasteiger partial charge in [-0.2, -0.15) is 0 Å². The second kappa shape index (κ2) is 9.48. The molecule has 0 radical (unpaired) electrons. The van der Waals surface area contributed by atoms with E-state index in [1.807, 2.05) is 25.1 Å². The Hall–Kier alpha value is -3.61. The zero-order chi connectivity index (χ0) is 23.5. The lowest BCUT2D eigenvalue weighted by atomic mass is 9.88. The lowest BCUT2D eigenvalue weighted by Gasteiger charge is -2.37. The molecule has 1 aromatic heterocycles. The number of carbonyl (C=O) groups is 2. The average molecular weight is 451 g/mol. The van der Waals surface area contributed by atoms with E-state index in [-0.39, 0.29) is 36.0 Å². The first-order valence-electron chi connectivity index (χ1n) is 11.0. The van der Waals surface area contributed by atoms with Gasteiger partial charge >= 0.3 is 0 Å². The average Bonchev–Trinajstić information content (AvgIpc) is 3.30. The summed E-state index contributed by atoms with van der Waals surface area (Å²) < 4.78 is 25.1. The van der Waals surface area contributed by atoms with Crippen molar-refractivity contribution in [2.24, 2.45) is 0 Å². The van der Waals surface area contributed by atoms with Crippen LogP contribution in [0, 0.1) is 5.82 Å². The molecular weight excluding hydrogens is 423 g/mol. The standard InChI is InChI=1S/C26H27FN2O4/c1-4-28(3)26(31)24-12-11-22(33-24)16-32-21-10-7-18-13-14-29(17(2)30)25(23(18)15-21)19-5-8-20(27)9-6-19/h5-12,15,25H,4,13-14,16H2,1-3H3. The molecule has 2 amide bonds. The molecule has 7 heteroatoms. The van der Waals surface area contributed by atoms with Gasteiger partial charge in [-0.15, -0.1) is 0 Å². The maximum absolute atomic E-state index is 13.5. The molecule has 0 bridgehead atoms. The Bertz CT molecular complexity index is 1160. The molecule has 0 spiro atoms. The molecule has 33 heavy (non-hydrogen) atoms. The molecule has 6 nitrogen and oxygen atoms in total. The molecule has 1 unspecified atom stereocenters. The van der Waals surface area contributed by atoms with Crippen LogP contribution in [-0.2, 0) is 17.8 Å². The Morgan fingerprint density at radius 1 is 1.15 bits per heavy atom. The number of hydrogen-bond donors (Lipinski definition) is 0. The molecular formula is C26H27FN2O4. The van der Waals surface area contributed by atoms with E-state index in [1.54, 1.807) is 48.0 Å². The van der Waals surface area contributed by atoms with E-state index in [4.69, 9.17) is 9.15 Å². The van der Waals surface area contributed by atoms with Gasteiger partial charge in [0.15, 0.2) is 5.76 Å². The quantitative estimate of drug-likeness (QED) is 0.551. The Morgan fingerprint density at radius 3 is 2.61 bits per heavy atom. The molecule has 0 saturated carbocycles. The summed E-state index contributed by atoms with van der Waals surface area (Å²) in [5.74, 6) is 0.914. The molecule has 0 fully saturated rings. The van der Waals surface area contributed by atoms with Gasteiger partial charge in [0.2, 0.25) is 5.91 Å². The van der Waals surface area contributed by atoms with Gasteiger partial charge < -0.3 is 19.0 Å². The van der Waals surface area contributed by atoms with Crippen molar-refractivity contribution in [2.45, 2.75) is 32.9 Å². The van der Waals surface area contributed by atoms with Crippen molar-refractivity contribution in [3.05, 3.63) is 88.6 Å². The van der Waals surface area contributed by atoms with Crippen LogP contribution in [0.15, 0.2) is 59.0 Å². The van der Waals surface area contributed by atoms with Gasteiger partial charge in [0.05, 0.1) is 6.04 Å². The van der Waals surface area contributed by atoms with Crippen LogP contribution in [0.5, 0.6) is 5.75 Å². The number of nitrogens with zero attached hydrogens (tertiary/aromatic N) is 2. The van der Waals surface area contributed by atoms with Gasteiger partial charge in [0.1, 0.15) is 23.9 Å². The van der Waals surface area contributed by atoms with E-state index in [0.717, 1.165) is 23.1 Å². The number of carbonyl (C=O) groups excluding carboxylic acids is 2. The number of furan rings is 1. The summed E-state index contributed by atoms with van der Waals surface area (Å²) >= 11 is 0. The highest BCUT2D eigenvalue weighted by molar-refractivity contribution is 5.91. The smallest absolute Gasteiger partial charge is 0.289 e. The molecule has 1 atom stereocenters. The third kappa shape index (κ3) is 4.77. The lowest BCUT2D eigenvalue weighted by molar-refractivity contribution is -0.130. The van der Waals surface area contributed by atoms with Crippen molar-refractivity contribution in [3.8, 4) is 5.75 Å². The minimum Gasteiger partial charge on any atom is -0.486 e. The topological polar surface area (TPSA) is 63.0 Å². The van der Waals surface area contributed by atoms with Crippen molar-refractivity contribution < 1.29 is 23.1 Å². The third-order valence-corrected chi connectivity index (χ3v) is 6.01. The van der Waals surface area contributed by atoms with Gasteiger partial charge in [0, 0.05) is 27.1 Å². The van der Waals surface area contributed by atoms with Crippen LogP contribution in [0.2, 0.25) is 0 Å². The number of rotatable bonds is 6. The van der Waals surface area contributed by atoms with Gasteiger partial charge in [0.25, 0.3) is 5.91 Å². The van der Waals surface area contributed by atoms with Crippen LogP contribution in [-0.4, -0.2) is 41.8 Å². The summed E-state index contributed by atoms with van der Waals surface area (Å²) in [7, 11) is 1.72. The van der Waals surface area contributed by atoms with Crippen molar-refractivity contribution in [3.63, 3.8) is 0 Å². The fourth-order valence-electron chi connectivity index (χ4n) is 4.08. The van der Waals surface area contributed by atoms with Crippen LogP contribution in [0.1, 0.15) is 52.9 Å². The minimum absolute atomic E-state index is 0.0360. The summed E-state index contributed by atoms with van der Waals surface area (Å²) in [6, 6.07) is 15.1. The molecule has 2 heterocycles. The molecule has 4 rings (SSSR count). The van der Waals surface area contributed by atoms with E-state index in [0.29, 0.717) is 24.6 Å². The van der Waals surface area contributed by atoms with E-state index in [9.17, 15) is 14.0 Å². The van der Waals surface area contributed by atoms with Crippen LogP contribution < -0.4 is 4.74 Å². The summed E-state index contributed by atoms with van der Waals surface area (Å²) in [6.07, 6.45) is 0.738. The first-order valence-corrected chi connectivity index (χ1v) is 11.0. The van der Waals surface area contributed by atoms with Crippen LogP contribution in [0.4, 0.5) is 4.39 Å². The first kappa shape index (κ1) is 22.6. The second-order valence-corrected chi connectivity index (χ2v) is 8.15. The molecule has 3 aromatic rings. The zero-order valence-corrected chi connectivity index (χ0v) is 19.0. The maximum Gasteiger partial charge on any atom is 0.289 e. The van der Waals surface area contributed by atoms with Crippen LogP contribution in [0.3, 0.4) is 0 Å². The van der Waals surface area contributed by atoms with E-state index in [1.165, 1.54) is 12.1 Å². The minimum atomic E-state index is -0.317. The van der Waals surface area contributed by atoms with Gasteiger partial charge in [-0.1, -0.05) is 18.2 Å². The van der Waals surface area contributed by atoms with Crippen LogP contribution in [0.25, 0.3) is 0 Å². The SMILES string of the molecule is CCN(C)C(=O)c1ccc(COc2ccc3c(c2)C(c2ccc(F)cc2)N(C(C)=O)CC3)o1. The number of hydrogen-bond acceptors (Lipinski definition) is 4. The molecule has 1 aliphatic heterocycles. The molecule has 0 aliphatic carbocycles. The van der Waals surface area contributed by atoms with Gasteiger partial charge in [-0.3, -0.25) is 9.59 Å². The van der Waals surface area contributed by atoms with Crippen molar-refractivity contribution >= 4 is 11.8 Å². The van der Waals surface area contributed by atoms with Crippen molar-refractivity contribution in [2.75, 3.05) is 20.1 Å². The van der Waals surface area contributed by atoms with Gasteiger partial charge in [-0.05, 0) is 66.4 Å². The fraction of sp³-hybridized carbons (Fsp3) is 0.308. The Kier molecular flexibility index (Phi) is 6.49. The highest BCUT2D eigenvalue weighted by Gasteiger charge is 2.31. The van der Waals surface area contributed by atoms with Crippen molar-refractivity contribution in [1.29, 1.82) is 0 Å². The second-order valence-electron chi connectivity index (χ2n) is 8.15. The number of benzene rings is 2. The van der Waals surface area contributed by atoms with E-state index >= 15 is 0 Å². The molecule has 2 aromatic carbocycles.